The number of nitrogens with zero attached hydrogens (tertiary/aromatic N) is 1. The molecule has 4 nitrogen and oxygen atoms in total. The summed E-state index contributed by atoms with van der Waals surface area (Å²) in [5.74, 6) is -0.104. The molecule has 1 amide bonds. The van der Waals surface area contributed by atoms with Crippen molar-refractivity contribution in [1.82, 2.24) is 4.98 Å². The third-order valence-corrected chi connectivity index (χ3v) is 4.86. The Hall–Kier alpha value is -1.43. The van der Waals surface area contributed by atoms with E-state index in [9.17, 15) is 4.79 Å². The van der Waals surface area contributed by atoms with E-state index < -0.39 is 0 Å². The van der Waals surface area contributed by atoms with E-state index >= 15 is 0 Å². The van der Waals surface area contributed by atoms with E-state index in [1.807, 2.05) is 24.3 Å². The van der Waals surface area contributed by atoms with Crippen molar-refractivity contribution in [3.63, 3.8) is 0 Å². The van der Waals surface area contributed by atoms with Gasteiger partial charge in [-0.3, -0.25) is 10.1 Å². The van der Waals surface area contributed by atoms with Crippen LogP contribution in [-0.4, -0.2) is 16.9 Å². The number of rotatable bonds is 3. The number of carbonyl (C=O) groups excluding carboxylic acids is 1. The van der Waals surface area contributed by atoms with Crippen LogP contribution in [-0.2, 0) is 19.3 Å². The number of halogens is 1. The third kappa shape index (κ3) is 3.66. The van der Waals surface area contributed by atoms with E-state index in [0.717, 1.165) is 31.4 Å². The Morgan fingerprint density at radius 1 is 1.41 bits per heavy atom. The van der Waals surface area contributed by atoms with E-state index in [4.69, 9.17) is 5.73 Å². The second-order valence-electron chi connectivity index (χ2n) is 5.40. The molecule has 3 N–H and O–H groups in total. The highest BCUT2D eigenvalue weighted by Gasteiger charge is 2.20. The molecule has 1 aliphatic rings. The van der Waals surface area contributed by atoms with Crippen LogP contribution >= 0.6 is 23.7 Å². The molecule has 3 rings (SSSR count). The molecule has 0 radical (unpaired) electrons. The molecule has 2 aromatic rings. The first-order valence-electron chi connectivity index (χ1n) is 7.30. The number of aryl methyl sites for hydroxylation is 2. The number of anilines is 1. The van der Waals surface area contributed by atoms with Gasteiger partial charge in [-0.2, -0.15) is 0 Å². The highest BCUT2D eigenvalue weighted by atomic mass is 35.5. The summed E-state index contributed by atoms with van der Waals surface area (Å²) in [5.41, 5.74) is 8.96. The number of carbonyl (C=O) groups is 1. The molecule has 1 aromatic carbocycles. The number of fused-ring (bicyclic) bond motifs is 1. The van der Waals surface area contributed by atoms with Crippen LogP contribution in [0.1, 0.15) is 39.8 Å². The second kappa shape index (κ2) is 7.22. The van der Waals surface area contributed by atoms with Crippen molar-refractivity contribution in [3.05, 3.63) is 46.0 Å². The van der Waals surface area contributed by atoms with Crippen molar-refractivity contribution < 1.29 is 4.79 Å². The Bertz CT molecular complexity index is 654. The van der Waals surface area contributed by atoms with Gasteiger partial charge in [0.05, 0.1) is 5.69 Å². The maximum atomic E-state index is 12.2. The molecule has 0 saturated carbocycles. The first-order chi connectivity index (χ1) is 10.2. The molecule has 0 unspecified atom stereocenters. The quantitative estimate of drug-likeness (QED) is 0.903. The van der Waals surface area contributed by atoms with Crippen LogP contribution in [0.4, 0.5) is 5.13 Å². The summed E-state index contributed by atoms with van der Waals surface area (Å²) in [5, 5.41) is 3.57. The predicted molar refractivity (Wildman–Crippen MR) is 93.1 cm³/mol. The molecule has 1 aliphatic carbocycles. The Balaban J connectivity index is 0.00000176. The molecule has 1 atom stereocenters. The van der Waals surface area contributed by atoms with Gasteiger partial charge in [0.15, 0.2) is 5.13 Å². The van der Waals surface area contributed by atoms with E-state index in [1.165, 1.54) is 10.4 Å². The van der Waals surface area contributed by atoms with Gasteiger partial charge in [-0.1, -0.05) is 19.1 Å². The van der Waals surface area contributed by atoms with Gasteiger partial charge in [-0.05, 0) is 43.4 Å². The average Bonchev–Trinajstić information content (AvgIpc) is 2.88. The maximum absolute atomic E-state index is 12.2. The molecule has 118 valence electrons. The fourth-order valence-electron chi connectivity index (χ4n) is 2.52. The van der Waals surface area contributed by atoms with Crippen LogP contribution in [0.3, 0.4) is 0 Å². The number of thiazole rings is 1. The Labute approximate surface area is 140 Å². The summed E-state index contributed by atoms with van der Waals surface area (Å²) in [7, 11) is 0. The molecule has 0 fully saturated rings. The lowest BCUT2D eigenvalue weighted by atomic mass is 9.99. The number of aromatic nitrogens is 1. The molecule has 22 heavy (non-hydrogen) atoms. The summed E-state index contributed by atoms with van der Waals surface area (Å²) in [4.78, 5) is 18.0. The molecular weight excluding hydrogens is 318 g/mol. The van der Waals surface area contributed by atoms with Crippen molar-refractivity contribution >= 4 is 34.8 Å². The van der Waals surface area contributed by atoms with Crippen LogP contribution in [0.25, 0.3) is 0 Å². The first-order valence-corrected chi connectivity index (χ1v) is 8.12. The topological polar surface area (TPSA) is 68.0 Å². The van der Waals surface area contributed by atoms with Gasteiger partial charge in [-0.15, -0.1) is 23.7 Å². The van der Waals surface area contributed by atoms with E-state index in [-0.39, 0.29) is 24.4 Å². The van der Waals surface area contributed by atoms with Gasteiger partial charge in [0.25, 0.3) is 5.91 Å². The number of benzene rings is 1. The van der Waals surface area contributed by atoms with Gasteiger partial charge in [0, 0.05) is 16.5 Å². The fourth-order valence-corrected chi connectivity index (χ4v) is 3.61. The summed E-state index contributed by atoms with van der Waals surface area (Å²) >= 11 is 1.55. The van der Waals surface area contributed by atoms with Crippen molar-refractivity contribution in [2.45, 2.75) is 38.6 Å². The molecular formula is C16H20ClN3OS. The second-order valence-corrected chi connectivity index (χ2v) is 6.48. The smallest absolute Gasteiger partial charge is 0.257 e. The highest BCUT2D eigenvalue weighted by Crippen LogP contribution is 2.29. The number of amides is 1. The van der Waals surface area contributed by atoms with Crippen LogP contribution in [0.15, 0.2) is 24.3 Å². The van der Waals surface area contributed by atoms with Gasteiger partial charge in [0.2, 0.25) is 0 Å². The zero-order valence-corrected chi connectivity index (χ0v) is 14.1. The summed E-state index contributed by atoms with van der Waals surface area (Å²) in [6.45, 7) is 2.10. The molecule has 1 heterocycles. The van der Waals surface area contributed by atoms with Crippen LogP contribution in [0.2, 0.25) is 0 Å². The van der Waals surface area contributed by atoms with Gasteiger partial charge >= 0.3 is 0 Å². The van der Waals surface area contributed by atoms with Crippen LogP contribution in [0.5, 0.6) is 0 Å². The zero-order chi connectivity index (χ0) is 14.8. The largest absolute Gasteiger partial charge is 0.327 e. The minimum absolute atomic E-state index is 0. The third-order valence-electron chi connectivity index (χ3n) is 3.82. The van der Waals surface area contributed by atoms with E-state index in [0.29, 0.717) is 10.7 Å². The monoisotopic (exact) mass is 337 g/mol. The molecule has 6 heteroatoms. The van der Waals surface area contributed by atoms with Crippen LogP contribution < -0.4 is 11.1 Å². The van der Waals surface area contributed by atoms with E-state index in [2.05, 4.69) is 17.2 Å². The lowest BCUT2D eigenvalue weighted by Gasteiger charge is -2.15. The fraction of sp³-hybridized carbons (Fsp3) is 0.375. The number of hydrogen-bond acceptors (Lipinski definition) is 4. The Kier molecular flexibility index (Phi) is 5.56. The first kappa shape index (κ1) is 16.9. The van der Waals surface area contributed by atoms with Crippen molar-refractivity contribution in [3.8, 4) is 0 Å². The average molecular weight is 338 g/mol. The number of hydrogen-bond donors (Lipinski definition) is 2. The molecule has 0 spiro atoms. The van der Waals surface area contributed by atoms with Gasteiger partial charge in [0.1, 0.15) is 0 Å². The van der Waals surface area contributed by atoms with Gasteiger partial charge in [-0.25, -0.2) is 4.98 Å². The lowest BCUT2D eigenvalue weighted by molar-refractivity contribution is 0.102. The SMILES string of the molecule is CCc1ccc(C(=O)Nc2nc3c(s2)C[C@@H](N)CC3)cc1.Cl. The van der Waals surface area contributed by atoms with Crippen molar-refractivity contribution in [2.24, 2.45) is 5.73 Å². The van der Waals surface area contributed by atoms with E-state index in [1.54, 1.807) is 11.3 Å². The summed E-state index contributed by atoms with van der Waals surface area (Å²) < 4.78 is 0. The summed E-state index contributed by atoms with van der Waals surface area (Å²) in [6.07, 6.45) is 3.73. The number of nitrogens with one attached hydrogen (secondary N) is 1. The predicted octanol–water partition coefficient (Wildman–Crippen LogP) is 3.20. The standard InChI is InChI=1S/C16H19N3OS.ClH/c1-2-10-3-5-11(6-4-10)15(20)19-16-18-13-8-7-12(17)9-14(13)21-16;/h3-6,12H,2,7-9,17H2,1H3,(H,18,19,20);1H/t12-;/m0./s1. The maximum Gasteiger partial charge on any atom is 0.257 e. The normalized spacial score (nSPS) is 16.5. The molecule has 0 saturated heterocycles. The minimum atomic E-state index is -0.104. The van der Waals surface area contributed by atoms with Crippen molar-refractivity contribution in [2.75, 3.05) is 5.32 Å². The molecule has 0 bridgehead atoms. The molecule has 0 aliphatic heterocycles. The van der Waals surface area contributed by atoms with Crippen LogP contribution in [0, 0.1) is 0 Å². The Morgan fingerprint density at radius 3 is 2.82 bits per heavy atom. The summed E-state index contributed by atoms with van der Waals surface area (Å²) in [6, 6.07) is 7.92. The highest BCUT2D eigenvalue weighted by molar-refractivity contribution is 7.15. The Morgan fingerprint density at radius 2 is 2.14 bits per heavy atom. The number of nitrogens with two attached hydrogens (primary N) is 1. The van der Waals surface area contributed by atoms with Gasteiger partial charge < -0.3 is 5.73 Å². The van der Waals surface area contributed by atoms with Crippen molar-refractivity contribution in [1.29, 1.82) is 0 Å². The lowest BCUT2D eigenvalue weighted by Crippen LogP contribution is -2.27. The minimum Gasteiger partial charge on any atom is -0.327 e. The zero-order valence-electron chi connectivity index (χ0n) is 12.5. The molecule has 1 aromatic heterocycles.